The molecule has 0 unspecified atom stereocenters. The molecule has 0 aliphatic heterocycles. The number of methoxy groups -OCH3 is 1. The standard InChI is InChI=1S/C17H15N5O3/c1-24-15(23)14-20-16(18)22-17(21-14)19-11-7-9-13(10-8-11)25-12-5-3-2-4-6-12/h2-10H,1H3,(H3,18,19,20,21,22). The van der Waals surface area contributed by atoms with Gasteiger partial charge in [0.2, 0.25) is 17.7 Å². The minimum absolute atomic E-state index is 0.0815. The third-order valence-electron chi connectivity index (χ3n) is 3.11. The number of nitrogens with one attached hydrogen (secondary N) is 1. The minimum atomic E-state index is -0.691. The van der Waals surface area contributed by atoms with Gasteiger partial charge in [-0.1, -0.05) is 18.2 Å². The summed E-state index contributed by atoms with van der Waals surface area (Å²) in [5, 5.41) is 2.95. The van der Waals surface area contributed by atoms with Gasteiger partial charge in [-0.05, 0) is 36.4 Å². The van der Waals surface area contributed by atoms with Crippen molar-refractivity contribution in [3.63, 3.8) is 0 Å². The van der Waals surface area contributed by atoms with Gasteiger partial charge in [0.1, 0.15) is 11.5 Å². The molecule has 8 nitrogen and oxygen atoms in total. The molecular weight excluding hydrogens is 322 g/mol. The lowest BCUT2D eigenvalue weighted by atomic mass is 10.3. The fourth-order valence-corrected chi connectivity index (χ4v) is 1.99. The Morgan fingerprint density at radius 2 is 1.64 bits per heavy atom. The van der Waals surface area contributed by atoms with E-state index in [0.717, 1.165) is 5.75 Å². The number of nitrogen functional groups attached to an aromatic ring is 1. The van der Waals surface area contributed by atoms with Crippen molar-refractivity contribution in [2.75, 3.05) is 18.2 Å². The minimum Gasteiger partial charge on any atom is -0.463 e. The van der Waals surface area contributed by atoms with Crippen molar-refractivity contribution in [1.29, 1.82) is 0 Å². The molecule has 8 heteroatoms. The van der Waals surface area contributed by atoms with Crippen LogP contribution in [0.4, 0.5) is 17.6 Å². The van der Waals surface area contributed by atoms with E-state index >= 15 is 0 Å². The van der Waals surface area contributed by atoms with Crippen LogP contribution in [0.2, 0.25) is 0 Å². The molecule has 0 bridgehead atoms. The first-order chi connectivity index (χ1) is 12.1. The van der Waals surface area contributed by atoms with Crippen LogP contribution in [0.5, 0.6) is 11.5 Å². The maximum Gasteiger partial charge on any atom is 0.376 e. The Kier molecular flexibility index (Phi) is 4.70. The fraction of sp³-hybridized carbons (Fsp3) is 0.0588. The van der Waals surface area contributed by atoms with Gasteiger partial charge in [0.05, 0.1) is 7.11 Å². The predicted octanol–water partition coefficient (Wildman–Crippen LogP) is 2.78. The number of rotatable bonds is 5. The number of esters is 1. The second kappa shape index (κ2) is 7.26. The van der Waals surface area contributed by atoms with Crippen molar-refractivity contribution < 1.29 is 14.3 Å². The van der Waals surface area contributed by atoms with Crippen molar-refractivity contribution in [2.24, 2.45) is 0 Å². The second-order valence-corrected chi connectivity index (χ2v) is 4.90. The zero-order valence-electron chi connectivity index (χ0n) is 13.3. The average molecular weight is 337 g/mol. The molecule has 25 heavy (non-hydrogen) atoms. The quantitative estimate of drug-likeness (QED) is 0.683. The maximum atomic E-state index is 11.5. The summed E-state index contributed by atoms with van der Waals surface area (Å²) in [5.74, 6) is 0.634. The van der Waals surface area contributed by atoms with E-state index in [0.29, 0.717) is 11.4 Å². The molecule has 0 saturated heterocycles. The van der Waals surface area contributed by atoms with E-state index in [1.165, 1.54) is 7.11 Å². The van der Waals surface area contributed by atoms with Crippen LogP contribution < -0.4 is 15.8 Å². The lowest BCUT2D eigenvalue weighted by Gasteiger charge is -2.08. The normalized spacial score (nSPS) is 10.1. The Labute approximate surface area is 143 Å². The summed E-state index contributed by atoms with van der Waals surface area (Å²) in [4.78, 5) is 23.2. The fourth-order valence-electron chi connectivity index (χ4n) is 1.99. The van der Waals surface area contributed by atoms with Crippen molar-refractivity contribution in [3.8, 4) is 11.5 Å². The summed E-state index contributed by atoms with van der Waals surface area (Å²) in [7, 11) is 1.24. The molecule has 0 radical (unpaired) electrons. The van der Waals surface area contributed by atoms with Gasteiger partial charge in [-0.3, -0.25) is 0 Å². The van der Waals surface area contributed by atoms with Gasteiger partial charge in [-0.2, -0.15) is 15.0 Å². The molecule has 0 amide bonds. The molecule has 3 N–H and O–H groups in total. The summed E-state index contributed by atoms with van der Waals surface area (Å²) in [6.45, 7) is 0. The molecule has 0 spiro atoms. The summed E-state index contributed by atoms with van der Waals surface area (Å²) in [5.41, 5.74) is 6.28. The summed E-state index contributed by atoms with van der Waals surface area (Å²) in [6, 6.07) is 16.6. The molecule has 0 atom stereocenters. The SMILES string of the molecule is COC(=O)c1nc(N)nc(Nc2ccc(Oc3ccccc3)cc2)n1. The highest BCUT2D eigenvalue weighted by Gasteiger charge is 2.13. The Morgan fingerprint density at radius 3 is 2.32 bits per heavy atom. The molecule has 1 aromatic heterocycles. The third kappa shape index (κ3) is 4.20. The predicted molar refractivity (Wildman–Crippen MR) is 91.8 cm³/mol. The van der Waals surface area contributed by atoms with Crippen LogP contribution >= 0.6 is 0 Å². The largest absolute Gasteiger partial charge is 0.463 e. The van der Waals surface area contributed by atoms with Crippen LogP contribution in [0.1, 0.15) is 10.6 Å². The molecule has 3 rings (SSSR count). The molecule has 0 saturated carbocycles. The summed E-state index contributed by atoms with van der Waals surface area (Å²) < 4.78 is 10.3. The number of benzene rings is 2. The maximum absolute atomic E-state index is 11.5. The number of hydrogen-bond acceptors (Lipinski definition) is 8. The van der Waals surface area contributed by atoms with Crippen LogP contribution in [0, 0.1) is 0 Å². The Hall–Kier alpha value is -3.68. The highest BCUT2D eigenvalue weighted by atomic mass is 16.5. The average Bonchev–Trinajstić information content (AvgIpc) is 2.63. The molecular formula is C17H15N5O3. The number of aromatic nitrogens is 3. The molecule has 3 aromatic rings. The van der Waals surface area contributed by atoms with Crippen molar-refractivity contribution >= 4 is 23.6 Å². The molecule has 126 valence electrons. The van der Waals surface area contributed by atoms with E-state index in [1.54, 1.807) is 24.3 Å². The number of ether oxygens (including phenoxy) is 2. The topological polar surface area (TPSA) is 112 Å². The number of para-hydroxylation sites is 1. The number of hydrogen-bond donors (Lipinski definition) is 2. The first kappa shape index (κ1) is 16.2. The number of nitrogens with zero attached hydrogens (tertiary/aromatic N) is 3. The zero-order chi connectivity index (χ0) is 17.6. The van der Waals surface area contributed by atoms with Crippen LogP contribution in [0.25, 0.3) is 0 Å². The van der Waals surface area contributed by atoms with Gasteiger partial charge in [0.15, 0.2) is 0 Å². The molecule has 1 heterocycles. The van der Waals surface area contributed by atoms with Crippen LogP contribution in [-0.2, 0) is 4.74 Å². The Morgan fingerprint density at radius 1 is 0.960 bits per heavy atom. The molecule has 0 fully saturated rings. The smallest absolute Gasteiger partial charge is 0.376 e. The lowest BCUT2D eigenvalue weighted by molar-refractivity contribution is 0.0586. The van der Waals surface area contributed by atoms with E-state index in [2.05, 4.69) is 25.0 Å². The summed E-state index contributed by atoms with van der Waals surface area (Å²) in [6.07, 6.45) is 0. The summed E-state index contributed by atoms with van der Waals surface area (Å²) >= 11 is 0. The van der Waals surface area contributed by atoms with E-state index in [4.69, 9.17) is 10.5 Å². The highest BCUT2D eigenvalue weighted by molar-refractivity contribution is 5.85. The number of anilines is 3. The van der Waals surface area contributed by atoms with Gasteiger partial charge in [0.25, 0.3) is 0 Å². The van der Waals surface area contributed by atoms with Gasteiger partial charge in [-0.25, -0.2) is 4.79 Å². The zero-order valence-corrected chi connectivity index (χ0v) is 13.3. The lowest BCUT2D eigenvalue weighted by Crippen LogP contribution is -2.12. The molecule has 0 aliphatic carbocycles. The second-order valence-electron chi connectivity index (χ2n) is 4.90. The monoisotopic (exact) mass is 337 g/mol. The number of carbonyl (C=O) groups excluding carboxylic acids is 1. The molecule has 2 aromatic carbocycles. The van der Waals surface area contributed by atoms with E-state index < -0.39 is 5.97 Å². The van der Waals surface area contributed by atoms with Crippen molar-refractivity contribution in [2.45, 2.75) is 0 Å². The van der Waals surface area contributed by atoms with Gasteiger partial charge >= 0.3 is 5.97 Å². The van der Waals surface area contributed by atoms with E-state index in [9.17, 15) is 4.79 Å². The Bertz CT molecular complexity index is 869. The first-order valence-electron chi connectivity index (χ1n) is 7.34. The Balaban J connectivity index is 1.73. The van der Waals surface area contributed by atoms with Gasteiger partial charge in [0, 0.05) is 5.69 Å². The van der Waals surface area contributed by atoms with Crippen molar-refractivity contribution in [1.82, 2.24) is 15.0 Å². The van der Waals surface area contributed by atoms with Gasteiger partial charge in [-0.15, -0.1) is 0 Å². The van der Waals surface area contributed by atoms with Crippen LogP contribution in [0.15, 0.2) is 54.6 Å². The molecule has 0 aliphatic rings. The van der Waals surface area contributed by atoms with E-state index in [-0.39, 0.29) is 17.7 Å². The van der Waals surface area contributed by atoms with Crippen LogP contribution in [-0.4, -0.2) is 28.0 Å². The van der Waals surface area contributed by atoms with Gasteiger partial charge < -0.3 is 20.5 Å². The van der Waals surface area contributed by atoms with E-state index in [1.807, 2.05) is 30.3 Å². The van der Waals surface area contributed by atoms with Crippen LogP contribution in [0.3, 0.4) is 0 Å². The third-order valence-corrected chi connectivity index (χ3v) is 3.11. The first-order valence-corrected chi connectivity index (χ1v) is 7.34. The number of carbonyl (C=O) groups is 1. The van der Waals surface area contributed by atoms with Crippen molar-refractivity contribution in [3.05, 3.63) is 60.4 Å². The highest BCUT2D eigenvalue weighted by Crippen LogP contribution is 2.23. The number of nitrogens with two attached hydrogens (primary N) is 1.